The molecular weight excluding hydrogens is 231 g/mol. The molecule has 88 valence electrons. The van der Waals surface area contributed by atoms with Crippen molar-refractivity contribution in [3.63, 3.8) is 0 Å². The molecule has 0 bridgehead atoms. The zero-order valence-electron chi connectivity index (χ0n) is 8.79. The van der Waals surface area contributed by atoms with E-state index in [1.54, 1.807) is 0 Å². The molecule has 1 aromatic heterocycles. The molecule has 2 rings (SSSR count). The molecule has 1 aromatic rings. The van der Waals surface area contributed by atoms with Crippen LogP contribution in [0, 0.1) is 5.82 Å². The van der Waals surface area contributed by atoms with E-state index in [-0.39, 0.29) is 18.0 Å². The summed E-state index contributed by atoms with van der Waals surface area (Å²) in [6.07, 6.45) is 4.40. The van der Waals surface area contributed by atoms with Crippen LogP contribution in [0.3, 0.4) is 0 Å². The van der Waals surface area contributed by atoms with Crippen molar-refractivity contribution < 1.29 is 9.50 Å². The molecule has 1 fully saturated rings. The maximum atomic E-state index is 13.4. The maximum absolute atomic E-state index is 13.4. The second-order valence-corrected chi connectivity index (χ2v) is 4.57. The van der Waals surface area contributed by atoms with Crippen molar-refractivity contribution in [1.29, 1.82) is 0 Å². The van der Waals surface area contributed by atoms with Crippen LogP contribution in [0.15, 0.2) is 12.3 Å². The number of rotatable bonds is 2. The number of halogens is 2. The van der Waals surface area contributed by atoms with Gasteiger partial charge in [0.15, 0.2) is 11.6 Å². The molecule has 0 spiro atoms. The van der Waals surface area contributed by atoms with Gasteiger partial charge in [0.25, 0.3) is 0 Å². The van der Waals surface area contributed by atoms with Crippen molar-refractivity contribution in [3.8, 4) is 0 Å². The summed E-state index contributed by atoms with van der Waals surface area (Å²) in [5, 5.41) is 12.7. The predicted octanol–water partition coefficient (Wildman–Crippen LogP) is 2.59. The molecular formula is C11H14ClFN2O. The van der Waals surface area contributed by atoms with Crippen LogP contribution in [-0.2, 0) is 0 Å². The Balaban J connectivity index is 1.98. The van der Waals surface area contributed by atoms with Gasteiger partial charge in [0, 0.05) is 12.2 Å². The summed E-state index contributed by atoms with van der Waals surface area (Å²) in [5.74, 6) is -0.190. The van der Waals surface area contributed by atoms with E-state index in [9.17, 15) is 9.50 Å². The SMILES string of the molecule is OC1CCC(Nc2ncc(Cl)cc2F)CC1. The summed E-state index contributed by atoms with van der Waals surface area (Å²) >= 11 is 5.62. The van der Waals surface area contributed by atoms with Crippen LogP contribution >= 0.6 is 11.6 Å². The second-order valence-electron chi connectivity index (χ2n) is 4.13. The molecule has 0 amide bonds. The number of anilines is 1. The Labute approximate surface area is 98.6 Å². The topological polar surface area (TPSA) is 45.1 Å². The van der Waals surface area contributed by atoms with Crippen molar-refractivity contribution in [3.05, 3.63) is 23.1 Å². The highest BCUT2D eigenvalue weighted by Gasteiger charge is 2.20. The number of pyridine rings is 1. The summed E-state index contributed by atoms with van der Waals surface area (Å²) in [7, 11) is 0. The molecule has 1 heterocycles. The maximum Gasteiger partial charge on any atom is 0.166 e. The van der Waals surface area contributed by atoms with E-state index in [4.69, 9.17) is 11.6 Å². The third-order valence-corrected chi connectivity index (χ3v) is 3.05. The Morgan fingerprint density at radius 3 is 2.69 bits per heavy atom. The Bertz CT molecular complexity index is 367. The predicted molar refractivity (Wildman–Crippen MR) is 61.1 cm³/mol. The molecule has 0 atom stereocenters. The van der Waals surface area contributed by atoms with Gasteiger partial charge >= 0.3 is 0 Å². The molecule has 3 nitrogen and oxygen atoms in total. The summed E-state index contributed by atoms with van der Waals surface area (Å²) in [6.45, 7) is 0. The lowest BCUT2D eigenvalue weighted by Gasteiger charge is -2.26. The third kappa shape index (κ3) is 2.83. The zero-order valence-corrected chi connectivity index (χ0v) is 9.54. The lowest BCUT2D eigenvalue weighted by atomic mass is 9.93. The molecule has 1 saturated carbocycles. The van der Waals surface area contributed by atoms with Crippen LogP contribution in [0.1, 0.15) is 25.7 Å². The minimum absolute atomic E-state index is 0.187. The normalized spacial score (nSPS) is 25.4. The van der Waals surface area contributed by atoms with Gasteiger partial charge in [-0.2, -0.15) is 0 Å². The molecule has 0 unspecified atom stereocenters. The van der Waals surface area contributed by atoms with Crippen molar-refractivity contribution >= 4 is 17.4 Å². The minimum Gasteiger partial charge on any atom is -0.393 e. The number of nitrogens with one attached hydrogen (secondary N) is 1. The van der Waals surface area contributed by atoms with Crippen molar-refractivity contribution in [2.45, 2.75) is 37.8 Å². The average molecular weight is 245 g/mol. The number of nitrogens with zero attached hydrogens (tertiary/aromatic N) is 1. The van der Waals surface area contributed by atoms with Crippen LogP contribution in [0.25, 0.3) is 0 Å². The number of aliphatic hydroxyl groups excluding tert-OH is 1. The Morgan fingerprint density at radius 1 is 1.38 bits per heavy atom. The highest BCUT2D eigenvalue weighted by molar-refractivity contribution is 6.30. The first kappa shape index (κ1) is 11.6. The minimum atomic E-state index is -0.432. The van der Waals surface area contributed by atoms with Gasteiger partial charge in [0.05, 0.1) is 11.1 Å². The molecule has 0 aromatic carbocycles. The largest absolute Gasteiger partial charge is 0.393 e. The smallest absolute Gasteiger partial charge is 0.166 e. The summed E-state index contributed by atoms with van der Waals surface area (Å²) < 4.78 is 13.4. The monoisotopic (exact) mass is 244 g/mol. The average Bonchev–Trinajstić information content (AvgIpc) is 2.25. The Kier molecular flexibility index (Phi) is 3.61. The molecule has 0 saturated heterocycles. The lowest BCUT2D eigenvalue weighted by Crippen LogP contribution is -2.28. The zero-order chi connectivity index (χ0) is 11.5. The Hall–Kier alpha value is -0.870. The standard InChI is InChI=1S/C11H14ClFN2O/c12-7-5-10(13)11(14-6-7)15-8-1-3-9(16)4-2-8/h5-6,8-9,16H,1-4H2,(H,14,15). The van der Waals surface area contributed by atoms with Gasteiger partial charge in [-0.1, -0.05) is 11.6 Å². The summed E-state index contributed by atoms with van der Waals surface area (Å²) in [6, 6.07) is 1.43. The highest BCUT2D eigenvalue weighted by Crippen LogP contribution is 2.23. The van der Waals surface area contributed by atoms with E-state index in [1.807, 2.05) is 0 Å². The summed E-state index contributed by atoms with van der Waals surface area (Å²) in [5.41, 5.74) is 0. The highest BCUT2D eigenvalue weighted by atomic mass is 35.5. The number of hydrogen-bond acceptors (Lipinski definition) is 3. The quantitative estimate of drug-likeness (QED) is 0.841. The van der Waals surface area contributed by atoms with Gasteiger partial charge in [-0.05, 0) is 31.7 Å². The fourth-order valence-electron chi connectivity index (χ4n) is 1.93. The molecule has 1 aliphatic carbocycles. The van der Waals surface area contributed by atoms with Crippen molar-refractivity contribution in [2.24, 2.45) is 0 Å². The first-order valence-electron chi connectivity index (χ1n) is 5.41. The molecule has 2 N–H and O–H groups in total. The van der Waals surface area contributed by atoms with Gasteiger partial charge in [0.2, 0.25) is 0 Å². The van der Waals surface area contributed by atoms with Gasteiger partial charge in [-0.15, -0.1) is 0 Å². The van der Waals surface area contributed by atoms with Crippen molar-refractivity contribution in [2.75, 3.05) is 5.32 Å². The summed E-state index contributed by atoms with van der Waals surface area (Å²) in [4.78, 5) is 3.91. The van der Waals surface area contributed by atoms with E-state index < -0.39 is 5.82 Å². The number of aromatic nitrogens is 1. The van der Waals surface area contributed by atoms with E-state index in [0.29, 0.717) is 5.02 Å². The third-order valence-electron chi connectivity index (χ3n) is 2.85. The molecule has 0 aliphatic heterocycles. The van der Waals surface area contributed by atoms with E-state index in [0.717, 1.165) is 25.7 Å². The van der Waals surface area contributed by atoms with Gasteiger partial charge in [-0.25, -0.2) is 9.37 Å². The first-order valence-corrected chi connectivity index (χ1v) is 5.78. The molecule has 0 radical (unpaired) electrons. The fourth-order valence-corrected chi connectivity index (χ4v) is 2.08. The van der Waals surface area contributed by atoms with Gasteiger partial charge in [0.1, 0.15) is 0 Å². The molecule has 16 heavy (non-hydrogen) atoms. The van der Waals surface area contributed by atoms with Crippen LogP contribution in [-0.4, -0.2) is 22.2 Å². The second kappa shape index (κ2) is 4.97. The van der Waals surface area contributed by atoms with E-state index >= 15 is 0 Å². The van der Waals surface area contributed by atoms with E-state index in [1.165, 1.54) is 12.3 Å². The van der Waals surface area contributed by atoms with Gasteiger partial charge < -0.3 is 10.4 Å². The first-order chi connectivity index (χ1) is 7.65. The van der Waals surface area contributed by atoms with Crippen molar-refractivity contribution in [1.82, 2.24) is 4.98 Å². The fraction of sp³-hybridized carbons (Fsp3) is 0.545. The lowest BCUT2D eigenvalue weighted by molar-refractivity contribution is 0.126. The van der Waals surface area contributed by atoms with E-state index in [2.05, 4.69) is 10.3 Å². The van der Waals surface area contributed by atoms with Crippen LogP contribution in [0.4, 0.5) is 10.2 Å². The van der Waals surface area contributed by atoms with Crippen LogP contribution in [0.5, 0.6) is 0 Å². The van der Waals surface area contributed by atoms with Crippen LogP contribution < -0.4 is 5.32 Å². The molecule has 1 aliphatic rings. The molecule has 5 heteroatoms. The number of aliphatic hydroxyl groups is 1. The Morgan fingerprint density at radius 2 is 2.06 bits per heavy atom. The number of hydrogen-bond donors (Lipinski definition) is 2. The van der Waals surface area contributed by atoms with Gasteiger partial charge in [-0.3, -0.25) is 0 Å². The van der Waals surface area contributed by atoms with Crippen LogP contribution in [0.2, 0.25) is 5.02 Å².